The standard InChI is InChI=1S/C17H26N2O4S/c1-12-8-13(2)11-19(10-12)24(21,22)16-9-14(17(20)18(3)4)6-7-15(16)23-5/h6-7,9,12-13H,8,10-11H2,1-5H3/t12-,13-/m1/s1. The van der Waals surface area contributed by atoms with Gasteiger partial charge < -0.3 is 9.64 Å². The van der Waals surface area contributed by atoms with E-state index in [1.54, 1.807) is 26.2 Å². The maximum Gasteiger partial charge on any atom is 0.253 e. The van der Waals surface area contributed by atoms with Gasteiger partial charge in [-0.3, -0.25) is 4.79 Å². The molecule has 0 aliphatic carbocycles. The van der Waals surface area contributed by atoms with E-state index in [1.807, 2.05) is 0 Å². The molecule has 1 heterocycles. The van der Waals surface area contributed by atoms with Gasteiger partial charge in [0.05, 0.1) is 7.11 Å². The Morgan fingerprint density at radius 3 is 2.29 bits per heavy atom. The van der Waals surface area contributed by atoms with E-state index in [2.05, 4.69) is 13.8 Å². The Kier molecular flexibility index (Phi) is 5.55. The van der Waals surface area contributed by atoms with Crippen molar-refractivity contribution < 1.29 is 17.9 Å². The monoisotopic (exact) mass is 354 g/mol. The topological polar surface area (TPSA) is 66.9 Å². The fourth-order valence-electron chi connectivity index (χ4n) is 3.21. The molecule has 0 N–H and O–H groups in total. The van der Waals surface area contributed by atoms with E-state index in [-0.39, 0.29) is 16.6 Å². The van der Waals surface area contributed by atoms with Crippen molar-refractivity contribution in [2.75, 3.05) is 34.3 Å². The van der Waals surface area contributed by atoms with Crippen LogP contribution in [0, 0.1) is 11.8 Å². The summed E-state index contributed by atoms with van der Waals surface area (Å²) in [7, 11) is 0.986. The number of piperidine rings is 1. The molecule has 6 nitrogen and oxygen atoms in total. The molecule has 1 aliphatic rings. The predicted octanol–water partition coefficient (Wildman–Crippen LogP) is 2.06. The Hall–Kier alpha value is -1.60. The smallest absolute Gasteiger partial charge is 0.253 e. The molecule has 1 aliphatic heterocycles. The highest BCUT2D eigenvalue weighted by Crippen LogP contribution is 2.32. The number of hydrogen-bond acceptors (Lipinski definition) is 4. The summed E-state index contributed by atoms with van der Waals surface area (Å²) in [6.07, 6.45) is 1.02. The molecule has 0 bridgehead atoms. The van der Waals surface area contributed by atoms with E-state index >= 15 is 0 Å². The lowest BCUT2D eigenvalue weighted by Crippen LogP contribution is -2.42. The summed E-state index contributed by atoms with van der Waals surface area (Å²) in [6.45, 7) is 5.09. The molecule has 1 saturated heterocycles. The van der Waals surface area contributed by atoms with Crippen molar-refractivity contribution in [3.63, 3.8) is 0 Å². The molecule has 7 heteroatoms. The van der Waals surface area contributed by atoms with Gasteiger partial charge in [0.15, 0.2) is 0 Å². The maximum atomic E-state index is 13.1. The molecule has 0 unspecified atom stereocenters. The Morgan fingerprint density at radius 1 is 1.21 bits per heavy atom. The van der Waals surface area contributed by atoms with E-state index in [0.717, 1.165) is 6.42 Å². The summed E-state index contributed by atoms with van der Waals surface area (Å²) in [4.78, 5) is 13.7. The number of rotatable bonds is 4. The van der Waals surface area contributed by atoms with Gasteiger partial charge >= 0.3 is 0 Å². The number of sulfonamides is 1. The number of benzene rings is 1. The SMILES string of the molecule is COc1ccc(C(=O)N(C)C)cc1S(=O)(=O)N1C[C@H](C)C[C@@H](C)C1. The van der Waals surface area contributed by atoms with Gasteiger partial charge in [0.25, 0.3) is 5.91 Å². The van der Waals surface area contributed by atoms with Gasteiger partial charge in [-0.25, -0.2) is 8.42 Å². The van der Waals surface area contributed by atoms with Crippen LogP contribution in [0.4, 0.5) is 0 Å². The molecule has 1 aromatic carbocycles. The molecular weight excluding hydrogens is 328 g/mol. The van der Waals surface area contributed by atoms with E-state index < -0.39 is 10.0 Å². The second kappa shape index (κ2) is 7.11. The third-order valence-electron chi connectivity index (χ3n) is 4.27. The molecule has 0 spiro atoms. The fraction of sp³-hybridized carbons (Fsp3) is 0.588. The first kappa shape index (κ1) is 18.7. The molecule has 0 aromatic heterocycles. The second-order valence-corrected chi connectivity index (χ2v) is 8.74. The lowest BCUT2D eigenvalue weighted by atomic mass is 9.94. The van der Waals surface area contributed by atoms with Gasteiger partial charge in [0.1, 0.15) is 10.6 Å². The Bertz CT molecular complexity index is 705. The fourth-order valence-corrected chi connectivity index (χ4v) is 5.07. The van der Waals surface area contributed by atoms with E-state index in [9.17, 15) is 13.2 Å². The minimum atomic E-state index is -3.71. The third kappa shape index (κ3) is 3.72. The van der Waals surface area contributed by atoms with Crippen LogP contribution in [-0.4, -0.2) is 57.8 Å². The Balaban J connectivity index is 2.48. The van der Waals surface area contributed by atoms with Gasteiger partial charge in [-0.05, 0) is 36.5 Å². The highest BCUT2D eigenvalue weighted by molar-refractivity contribution is 7.89. The van der Waals surface area contributed by atoms with Crippen molar-refractivity contribution in [3.8, 4) is 5.75 Å². The number of carbonyl (C=O) groups is 1. The number of nitrogens with zero attached hydrogens (tertiary/aromatic N) is 2. The zero-order valence-electron chi connectivity index (χ0n) is 14.9. The number of carbonyl (C=O) groups excluding carboxylic acids is 1. The molecule has 0 saturated carbocycles. The van der Waals surface area contributed by atoms with Crippen LogP contribution < -0.4 is 4.74 Å². The molecule has 134 valence electrons. The zero-order chi connectivity index (χ0) is 18.1. The summed E-state index contributed by atoms with van der Waals surface area (Å²) in [5.74, 6) is 0.632. The number of hydrogen-bond donors (Lipinski definition) is 0. The minimum Gasteiger partial charge on any atom is -0.495 e. The first-order valence-electron chi connectivity index (χ1n) is 8.06. The summed E-state index contributed by atoms with van der Waals surface area (Å²) in [6, 6.07) is 4.54. The summed E-state index contributed by atoms with van der Waals surface area (Å²) < 4.78 is 33.0. The number of methoxy groups -OCH3 is 1. The molecule has 1 fully saturated rings. The average molecular weight is 354 g/mol. The van der Waals surface area contributed by atoms with Crippen molar-refractivity contribution in [1.29, 1.82) is 0 Å². The van der Waals surface area contributed by atoms with Crippen LogP contribution in [0.15, 0.2) is 23.1 Å². The number of amides is 1. The highest BCUT2D eigenvalue weighted by Gasteiger charge is 2.34. The summed E-state index contributed by atoms with van der Waals surface area (Å²) in [5.41, 5.74) is 0.331. The molecule has 1 aromatic rings. The van der Waals surface area contributed by atoms with Crippen LogP contribution in [0.2, 0.25) is 0 Å². The lowest BCUT2D eigenvalue weighted by molar-refractivity contribution is 0.0827. The van der Waals surface area contributed by atoms with E-state index in [1.165, 1.54) is 22.4 Å². The van der Waals surface area contributed by atoms with Crippen LogP contribution >= 0.6 is 0 Å². The molecule has 2 rings (SSSR count). The van der Waals surface area contributed by atoms with Crippen LogP contribution in [0.1, 0.15) is 30.6 Å². The van der Waals surface area contributed by atoms with Crippen molar-refractivity contribution >= 4 is 15.9 Å². The quantitative estimate of drug-likeness (QED) is 0.830. The summed E-state index contributed by atoms with van der Waals surface area (Å²) >= 11 is 0. The normalized spacial score (nSPS) is 22.2. The van der Waals surface area contributed by atoms with E-state index in [0.29, 0.717) is 30.5 Å². The van der Waals surface area contributed by atoms with Crippen molar-refractivity contribution in [1.82, 2.24) is 9.21 Å². The average Bonchev–Trinajstić information content (AvgIpc) is 2.52. The molecule has 2 atom stereocenters. The minimum absolute atomic E-state index is 0.0546. The third-order valence-corrected chi connectivity index (χ3v) is 6.12. The molecule has 1 amide bonds. The largest absolute Gasteiger partial charge is 0.495 e. The zero-order valence-corrected chi connectivity index (χ0v) is 15.8. The van der Waals surface area contributed by atoms with Crippen molar-refractivity contribution in [2.24, 2.45) is 11.8 Å². The Labute approximate surface area is 144 Å². The van der Waals surface area contributed by atoms with E-state index in [4.69, 9.17) is 4.74 Å². The molecule has 0 radical (unpaired) electrons. The van der Waals surface area contributed by atoms with Crippen LogP contribution in [-0.2, 0) is 10.0 Å². The van der Waals surface area contributed by atoms with Gasteiger partial charge in [0, 0.05) is 32.7 Å². The van der Waals surface area contributed by atoms with Crippen molar-refractivity contribution in [2.45, 2.75) is 25.2 Å². The maximum absolute atomic E-state index is 13.1. The first-order chi connectivity index (χ1) is 11.2. The highest BCUT2D eigenvalue weighted by atomic mass is 32.2. The first-order valence-corrected chi connectivity index (χ1v) is 9.50. The predicted molar refractivity (Wildman–Crippen MR) is 92.7 cm³/mol. The van der Waals surface area contributed by atoms with Gasteiger partial charge in [0.2, 0.25) is 10.0 Å². The summed E-state index contributed by atoms with van der Waals surface area (Å²) in [5, 5.41) is 0. The second-order valence-electron chi connectivity index (χ2n) is 6.83. The lowest BCUT2D eigenvalue weighted by Gasteiger charge is -2.34. The van der Waals surface area contributed by atoms with Gasteiger partial charge in [-0.2, -0.15) is 4.31 Å². The molecule has 24 heavy (non-hydrogen) atoms. The van der Waals surface area contributed by atoms with Crippen molar-refractivity contribution in [3.05, 3.63) is 23.8 Å². The van der Waals surface area contributed by atoms with Crippen LogP contribution in [0.25, 0.3) is 0 Å². The number of ether oxygens (including phenoxy) is 1. The van der Waals surface area contributed by atoms with Crippen LogP contribution in [0.3, 0.4) is 0 Å². The van der Waals surface area contributed by atoms with Gasteiger partial charge in [-0.15, -0.1) is 0 Å². The van der Waals surface area contributed by atoms with Gasteiger partial charge in [-0.1, -0.05) is 13.8 Å². The molecular formula is C17H26N2O4S. The van der Waals surface area contributed by atoms with Crippen LogP contribution in [0.5, 0.6) is 5.75 Å². The Morgan fingerprint density at radius 2 is 1.79 bits per heavy atom.